The van der Waals surface area contributed by atoms with Gasteiger partial charge in [-0.25, -0.2) is 0 Å². The van der Waals surface area contributed by atoms with Crippen molar-refractivity contribution in [2.75, 3.05) is 10.2 Å². The Morgan fingerprint density at radius 3 is 2.59 bits per heavy atom. The van der Waals surface area contributed by atoms with E-state index in [0.29, 0.717) is 23.5 Å². The van der Waals surface area contributed by atoms with E-state index in [1.54, 1.807) is 31.2 Å². The van der Waals surface area contributed by atoms with Crippen LogP contribution >= 0.6 is 0 Å². The number of hydrogen-bond acceptors (Lipinski definition) is 5. The quantitative estimate of drug-likeness (QED) is 0.433. The van der Waals surface area contributed by atoms with E-state index in [0.717, 1.165) is 0 Å². The molecule has 1 aliphatic heterocycles. The number of hydrogen-bond donors (Lipinski definition) is 1. The van der Waals surface area contributed by atoms with Gasteiger partial charge in [-0.05, 0) is 37.3 Å². The first-order valence-corrected chi connectivity index (χ1v) is 11.4. The number of amides is 2. The van der Waals surface area contributed by atoms with E-state index in [4.69, 9.17) is 5.26 Å². The summed E-state index contributed by atoms with van der Waals surface area (Å²) >= 11 is 0. The molecule has 4 aromatic rings. The van der Waals surface area contributed by atoms with Gasteiger partial charge in [0.15, 0.2) is 0 Å². The second-order valence-electron chi connectivity index (χ2n) is 8.60. The first kappa shape index (κ1) is 23.8. The van der Waals surface area contributed by atoms with Crippen LogP contribution in [0.4, 0.5) is 20.2 Å². The van der Waals surface area contributed by atoms with Crippen LogP contribution in [0, 0.1) is 11.3 Å². The first-order chi connectivity index (χ1) is 17.8. The van der Waals surface area contributed by atoms with Crippen LogP contribution in [-0.4, -0.2) is 32.6 Å². The third kappa shape index (κ3) is 4.31. The highest BCUT2D eigenvalue weighted by Gasteiger charge is 2.38. The van der Waals surface area contributed by atoms with Crippen molar-refractivity contribution in [3.05, 3.63) is 107 Å². The van der Waals surface area contributed by atoms with Gasteiger partial charge < -0.3 is 10.2 Å². The highest BCUT2D eigenvalue weighted by atomic mass is 19.3. The molecule has 5 rings (SSSR count). The zero-order chi connectivity index (χ0) is 26.2. The lowest BCUT2D eigenvalue weighted by molar-refractivity contribution is 0.0380. The van der Waals surface area contributed by atoms with Crippen LogP contribution in [-0.2, 0) is 12.5 Å². The van der Waals surface area contributed by atoms with Crippen molar-refractivity contribution in [2.45, 2.75) is 25.4 Å². The normalized spacial score (nSPS) is 15.1. The van der Waals surface area contributed by atoms with Gasteiger partial charge >= 0.3 is 5.92 Å². The number of fused-ring (bicyclic) bond motifs is 1. The maximum absolute atomic E-state index is 14.9. The lowest BCUT2D eigenvalue weighted by Crippen LogP contribution is -2.47. The smallest absolute Gasteiger partial charge is 0.314 e. The highest BCUT2D eigenvalue weighted by Crippen LogP contribution is 2.35. The molecule has 2 aromatic heterocycles. The van der Waals surface area contributed by atoms with E-state index in [1.165, 1.54) is 64.4 Å². The predicted molar refractivity (Wildman–Crippen MR) is 131 cm³/mol. The van der Waals surface area contributed by atoms with E-state index in [-0.39, 0.29) is 22.9 Å². The van der Waals surface area contributed by atoms with Crippen LogP contribution in [0.25, 0.3) is 0 Å². The number of anilines is 2. The van der Waals surface area contributed by atoms with Crippen molar-refractivity contribution in [1.82, 2.24) is 14.8 Å². The molecule has 3 heterocycles. The second kappa shape index (κ2) is 9.28. The van der Waals surface area contributed by atoms with Crippen molar-refractivity contribution < 1.29 is 18.4 Å². The number of pyridine rings is 1. The molecule has 2 amide bonds. The molecule has 0 spiro atoms. The van der Waals surface area contributed by atoms with Gasteiger partial charge in [-0.2, -0.15) is 19.1 Å². The monoisotopic (exact) mass is 498 g/mol. The van der Waals surface area contributed by atoms with Gasteiger partial charge in [0.05, 0.1) is 47.9 Å². The molecule has 2 aromatic carbocycles. The maximum Gasteiger partial charge on any atom is 0.314 e. The molecule has 0 bridgehead atoms. The number of nitrogens with zero attached hydrogens (tertiary/aromatic N) is 5. The third-order valence-electron chi connectivity index (χ3n) is 6.12. The fourth-order valence-corrected chi connectivity index (χ4v) is 4.31. The predicted octanol–water partition coefficient (Wildman–Crippen LogP) is 4.59. The Bertz CT molecular complexity index is 1530. The van der Waals surface area contributed by atoms with Crippen LogP contribution in [0.1, 0.15) is 44.6 Å². The Hall–Kier alpha value is -4.91. The second-order valence-corrected chi connectivity index (χ2v) is 8.60. The number of carbonyl (C=O) groups excluding carboxylic acids is 2. The van der Waals surface area contributed by atoms with Crippen LogP contribution in [0.5, 0.6) is 0 Å². The van der Waals surface area contributed by atoms with Crippen LogP contribution in [0.3, 0.4) is 0 Å². The molecule has 0 unspecified atom stereocenters. The fourth-order valence-electron chi connectivity index (χ4n) is 4.31. The largest absolute Gasteiger partial charge is 0.322 e. The van der Waals surface area contributed by atoms with Crippen molar-refractivity contribution in [1.29, 1.82) is 5.26 Å². The standard InChI is InChI=1S/C27H20F2N6O2/c1-17-16-34-24(22(15-32-34)25(36)33-20-9-5-6-18(12-20)13-30)26(37)35(17)21-10-11-23(31-14-21)27(28,29)19-7-3-2-4-8-19/h2-12,14-15,17H,16H2,1H3,(H,33,36)/t17-/m0/s1. The van der Waals surface area contributed by atoms with Crippen molar-refractivity contribution in [3.8, 4) is 6.07 Å². The van der Waals surface area contributed by atoms with Gasteiger partial charge in [0.2, 0.25) is 0 Å². The van der Waals surface area contributed by atoms with E-state index in [2.05, 4.69) is 15.4 Å². The lowest BCUT2D eigenvalue weighted by atomic mass is 10.0. The molecule has 8 nitrogen and oxygen atoms in total. The summed E-state index contributed by atoms with van der Waals surface area (Å²) in [6.45, 7) is 2.09. The van der Waals surface area contributed by atoms with E-state index in [9.17, 15) is 18.4 Å². The Kier molecular flexibility index (Phi) is 5.97. The molecule has 10 heteroatoms. The number of rotatable bonds is 5. The molecule has 1 N–H and O–H groups in total. The van der Waals surface area contributed by atoms with E-state index < -0.39 is 23.4 Å². The molecular weight excluding hydrogens is 478 g/mol. The summed E-state index contributed by atoms with van der Waals surface area (Å²) in [6.07, 6.45) is 2.55. The molecule has 0 aliphatic carbocycles. The van der Waals surface area contributed by atoms with Gasteiger partial charge in [0.25, 0.3) is 11.8 Å². The third-order valence-corrected chi connectivity index (χ3v) is 6.12. The molecule has 0 saturated heterocycles. The topological polar surface area (TPSA) is 104 Å². The molecule has 1 atom stereocenters. The zero-order valence-corrected chi connectivity index (χ0v) is 19.6. The fraction of sp³-hybridized carbons (Fsp3) is 0.148. The lowest BCUT2D eigenvalue weighted by Gasteiger charge is -2.34. The number of nitrogens with one attached hydrogen (secondary N) is 1. The highest BCUT2D eigenvalue weighted by molar-refractivity contribution is 6.15. The average Bonchev–Trinajstić information content (AvgIpc) is 3.34. The molecule has 37 heavy (non-hydrogen) atoms. The molecule has 184 valence electrons. The molecule has 0 saturated carbocycles. The Balaban J connectivity index is 1.42. The van der Waals surface area contributed by atoms with E-state index >= 15 is 0 Å². The summed E-state index contributed by atoms with van der Waals surface area (Å²) in [6, 6.07) is 18.0. The van der Waals surface area contributed by atoms with Crippen molar-refractivity contribution >= 4 is 23.2 Å². The maximum atomic E-state index is 14.9. The average molecular weight is 498 g/mol. The SMILES string of the molecule is C[C@H]1Cn2ncc(C(=O)Nc3cccc(C#N)c3)c2C(=O)N1c1ccc(C(F)(F)c2ccccc2)nc1. The Morgan fingerprint density at radius 2 is 1.89 bits per heavy atom. The minimum atomic E-state index is -3.30. The van der Waals surface area contributed by atoms with Crippen LogP contribution < -0.4 is 10.2 Å². The van der Waals surface area contributed by atoms with Gasteiger partial charge in [0.1, 0.15) is 11.4 Å². The summed E-state index contributed by atoms with van der Waals surface area (Å²) in [7, 11) is 0. The molecule has 0 fully saturated rings. The minimum Gasteiger partial charge on any atom is -0.322 e. The van der Waals surface area contributed by atoms with Crippen molar-refractivity contribution in [2.24, 2.45) is 0 Å². The Labute approximate surface area is 210 Å². The number of alkyl halides is 2. The number of aromatic nitrogens is 3. The van der Waals surface area contributed by atoms with Crippen molar-refractivity contribution in [3.63, 3.8) is 0 Å². The zero-order valence-electron chi connectivity index (χ0n) is 19.6. The number of nitriles is 1. The number of halogens is 2. The van der Waals surface area contributed by atoms with Gasteiger partial charge in [-0.3, -0.25) is 19.3 Å². The Morgan fingerprint density at radius 1 is 1.11 bits per heavy atom. The summed E-state index contributed by atoms with van der Waals surface area (Å²) in [5.41, 5.74) is 0.610. The molecular formula is C27H20F2N6O2. The summed E-state index contributed by atoms with van der Waals surface area (Å²) < 4.78 is 31.3. The summed E-state index contributed by atoms with van der Waals surface area (Å²) in [5.74, 6) is -4.36. The number of benzene rings is 2. The van der Waals surface area contributed by atoms with Crippen LogP contribution in [0.2, 0.25) is 0 Å². The molecule has 1 aliphatic rings. The summed E-state index contributed by atoms with van der Waals surface area (Å²) in [5, 5.41) is 16.0. The number of carbonyl (C=O) groups is 2. The van der Waals surface area contributed by atoms with Crippen LogP contribution in [0.15, 0.2) is 79.1 Å². The van der Waals surface area contributed by atoms with Gasteiger partial charge in [0, 0.05) is 11.3 Å². The first-order valence-electron chi connectivity index (χ1n) is 11.4. The summed E-state index contributed by atoms with van der Waals surface area (Å²) in [4.78, 5) is 31.9. The molecule has 0 radical (unpaired) electrons. The van der Waals surface area contributed by atoms with Gasteiger partial charge in [-0.15, -0.1) is 0 Å². The van der Waals surface area contributed by atoms with E-state index in [1.807, 2.05) is 6.07 Å². The minimum absolute atomic E-state index is 0.0597. The van der Waals surface area contributed by atoms with Gasteiger partial charge in [-0.1, -0.05) is 36.4 Å².